The average molecular weight is 430 g/mol. The molecule has 162 valence electrons. The summed E-state index contributed by atoms with van der Waals surface area (Å²) in [5.41, 5.74) is 2.26. The molecule has 0 amide bonds. The first kappa shape index (κ1) is 22.4. The first-order valence-electron chi connectivity index (χ1n) is 9.70. The van der Waals surface area contributed by atoms with Gasteiger partial charge in [-0.2, -0.15) is 0 Å². The molecule has 0 aliphatic heterocycles. The number of rotatable bonds is 8. The van der Waals surface area contributed by atoms with Crippen LogP contribution in [0.25, 0.3) is 22.6 Å². The van der Waals surface area contributed by atoms with Gasteiger partial charge < -0.3 is 18.6 Å². The van der Waals surface area contributed by atoms with E-state index in [4.69, 9.17) is 18.6 Å². The molecule has 0 bridgehead atoms. The molecule has 0 spiro atoms. The zero-order chi connectivity index (χ0) is 23.1. The Morgan fingerprint density at radius 3 is 2.09 bits per heavy atom. The number of hydrogen-bond acceptors (Lipinski definition) is 6. The van der Waals surface area contributed by atoms with Crippen LogP contribution in [0, 0.1) is 0 Å². The van der Waals surface area contributed by atoms with E-state index >= 15 is 0 Å². The lowest BCUT2D eigenvalue weighted by Gasteiger charge is -2.05. The van der Waals surface area contributed by atoms with E-state index in [0.717, 1.165) is 17.4 Å². The Balaban J connectivity index is 1.66. The van der Waals surface area contributed by atoms with Crippen molar-refractivity contribution in [3.8, 4) is 34.1 Å². The Morgan fingerprint density at radius 1 is 0.781 bits per heavy atom. The maximum atomic E-state index is 11.7. The van der Waals surface area contributed by atoms with Crippen LogP contribution in [0.4, 0.5) is 0 Å². The zero-order valence-corrected chi connectivity index (χ0v) is 17.8. The molecule has 0 saturated carbocycles. The summed E-state index contributed by atoms with van der Waals surface area (Å²) < 4.78 is 21.5. The first-order valence-corrected chi connectivity index (χ1v) is 9.70. The van der Waals surface area contributed by atoms with Gasteiger partial charge in [-0.1, -0.05) is 25.3 Å². The molecule has 0 saturated heterocycles. The quantitative estimate of drug-likeness (QED) is 0.187. The summed E-state index contributed by atoms with van der Waals surface area (Å²) >= 11 is 0. The standard InChI is InChI=1S/C26H22O6/c1-17(2)25(27)30-15-14-29-21-10-8-19(9-11-21)23-12-13-24(32-23)20-6-5-7-22(16-20)31-26(28)18(3)4/h5-16H,1,3H2,2,4H3/b15-14-. The van der Waals surface area contributed by atoms with Gasteiger partial charge in [0.1, 0.15) is 35.5 Å². The number of furan rings is 1. The molecule has 3 aromatic rings. The maximum absolute atomic E-state index is 11.7. The molecule has 6 nitrogen and oxygen atoms in total. The second kappa shape index (κ2) is 10.1. The number of ether oxygens (including phenoxy) is 3. The van der Waals surface area contributed by atoms with Crippen LogP contribution in [-0.2, 0) is 14.3 Å². The molecule has 0 fully saturated rings. The Labute approximate surface area is 186 Å². The molecule has 2 aromatic carbocycles. The van der Waals surface area contributed by atoms with E-state index in [0.29, 0.717) is 34.2 Å². The van der Waals surface area contributed by atoms with Crippen molar-refractivity contribution in [3.05, 3.63) is 97.5 Å². The van der Waals surface area contributed by atoms with Crippen molar-refractivity contribution < 1.29 is 28.2 Å². The third-order valence-electron chi connectivity index (χ3n) is 4.21. The van der Waals surface area contributed by atoms with E-state index in [9.17, 15) is 9.59 Å². The highest BCUT2D eigenvalue weighted by molar-refractivity contribution is 5.89. The molecule has 1 aromatic heterocycles. The molecule has 6 heteroatoms. The normalized spacial score (nSPS) is 10.6. The Kier molecular flexibility index (Phi) is 7.08. The summed E-state index contributed by atoms with van der Waals surface area (Å²) in [5.74, 6) is 1.28. The van der Waals surface area contributed by atoms with Gasteiger partial charge in [-0.25, -0.2) is 9.59 Å². The number of hydrogen-bond donors (Lipinski definition) is 0. The van der Waals surface area contributed by atoms with Crippen molar-refractivity contribution in [1.29, 1.82) is 0 Å². The summed E-state index contributed by atoms with van der Waals surface area (Å²) in [4.78, 5) is 23.0. The van der Waals surface area contributed by atoms with E-state index in [-0.39, 0.29) is 0 Å². The van der Waals surface area contributed by atoms with Crippen LogP contribution >= 0.6 is 0 Å². The van der Waals surface area contributed by atoms with Gasteiger partial charge in [0.25, 0.3) is 0 Å². The monoisotopic (exact) mass is 430 g/mol. The fourth-order valence-electron chi connectivity index (χ4n) is 2.55. The second-order valence-electron chi connectivity index (χ2n) is 6.96. The van der Waals surface area contributed by atoms with Gasteiger partial charge in [0.05, 0.1) is 0 Å². The SMILES string of the molecule is C=C(C)C(=O)O/C=C\Oc1ccc(-c2ccc(-c3cccc(OC(=O)C(=C)C)c3)o2)cc1. The van der Waals surface area contributed by atoms with Crippen LogP contribution in [0.5, 0.6) is 11.5 Å². The van der Waals surface area contributed by atoms with Crippen LogP contribution < -0.4 is 9.47 Å². The summed E-state index contributed by atoms with van der Waals surface area (Å²) in [6.07, 6.45) is 2.43. The maximum Gasteiger partial charge on any atom is 0.338 e. The van der Waals surface area contributed by atoms with Crippen molar-refractivity contribution in [1.82, 2.24) is 0 Å². The van der Waals surface area contributed by atoms with Crippen molar-refractivity contribution in [2.45, 2.75) is 13.8 Å². The lowest BCUT2D eigenvalue weighted by molar-refractivity contribution is -0.133. The van der Waals surface area contributed by atoms with Gasteiger partial charge in [-0.15, -0.1) is 0 Å². The third kappa shape index (κ3) is 5.86. The van der Waals surface area contributed by atoms with E-state index in [1.807, 2.05) is 30.3 Å². The molecular formula is C26H22O6. The molecule has 3 rings (SSSR count). The molecule has 0 aliphatic rings. The van der Waals surface area contributed by atoms with Gasteiger partial charge in [0.2, 0.25) is 0 Å². The van der Waals surface area contributed by atoms with E-state index in [1.54, 1.807) is 44.2 Å². The minimum atomic E-state index is -0.520. The van der Waals surface area contributed by atoms with Gasteiger partial charge in [-0.05, 0) is 62.4 Å². The second-order valence-corrected chi connectivity index (χ2v) is 6.96. The molecule has 0 radical (unpaired) electrons. The zero-order valence-electron chi connectivity index (χ0n) is 17.8. The lowest BCUT2D eigenvalue weighted by Crippen LogP contribution is -2.07. The number of carbonyl (C=O) groups is 2. The number of carbonyl (C=O) groups excluding carboxylic acids is 2. The van der Waals surface area contributed by atoms with Crippen LogP contribution in [-0.4, -0.2) is 11.9 Å². The van der Waals surface area contributed by atoms with Crippen LogP contribution in [0.2, 0.25) is 0 Å². The number of esters is 2. The summed E-state index contributed by atoms with van der Waals surface area (Å²) in [7, 11) is 0. The Hall–Kier alpha value is -4.32. The van der Waals surface area contributed by atoms with E-state index in [2.05, 4.69) is 13.2 Å². The lowest BCUT2D eigenvalue weighted by atomic mass is 10.1. The Morgan fingerprint density at radius 2 is 1.44 bits per heavy atom. The largest absolute Gasteiger partial charge is 0.462 e. The number of benzene rings is 2. The van der Waals surface area contributed by atoms with Gasteiger partial charge >= 0.3 is 11.9 Å². The Bertz CT molecular complexity index is 1180. The molecular weight excluding hydrogens is 408 g/mol. The van der Waals surface area contributed by atoms with Crippen LogP contribution in [0.15, 0.2) is 102 Å². The summed E-state index contributed by atoms with van der Waals surface area (Å²) in [5, 5.41) is 0. The predicted octanol–water partition coefficient (Wildman–Crippen LogP) is 6.06. The summed E-state index contributed by atoms with van der Waals surface area (Å²) in [6, 6.07) is 18.0. The molecule has 1 heterocycles. The van der Waals surface area contributed by atoms with E-state index < -0.39 is 11.9 Å². The fourth-order valence-corrected chi connectivity index (χ4v) is 2.55. The van der Waals surface area contributed by atoms with Crippen molar-refractivity contribution >= 4 is 11.9 Å². The highest BCUT2D eigenvalue weighted by Crippen LogP contribution is 2.31. The minimum absolute atomic E-state index is 0.302. The van der Waals surface area contributed by atoms with Crippen molar-refractivity contribution in [3.63, 3.8) is 0 Å². The summed E-state index contributed by atoms with van der Waals surface area (Å²) in [6.45, 7) is 10.2. The van der Waals surface area contributed by atoms with Crippen LogP contribution in [0.1, 0.15) is 13.8 Å². The highest BCUT2D eigenvalue weighted by atomic mass is 16.5. The van der Waals surface area contributed by atoms with Gasteiger partial charge in [-0.3, -0.25) is 0 Å². The molecule has 0 unspecified atom stereocenters. The topological polar surface area (TPSA) is 75.0 Å². The smallest absolute Gasteiger partial charge is 0.338 e. The van der Waals surface area contributed by atoms with Gasteiger partial charge in [0.15, 0.2) is 0 Å². The molecule has 0 N–H and O–H groups in total. The molecule has 32 heavy (non-hydrogen) atoms. The first-order chi connectivity index (χ1) is 15.3. The van der Waals surface area contributed by atoms with Crippen LogP contribution in [0.3, 0.4) is 0 Å². The highest BCUT2D eigenvalue weighted by Gasteiger charge is 2.10. The fraction of sp³-hybridized carbons (Fsp3) is 0.0769. The molecule has 0 aliphatic carbocycles. The predicted molar refractivity (Wildman–Crippen MR) is 121 cm³/mol. The van der Waals surface area contributed by atoms with Gasteiger partial charge in [0, 0.05) is 22.3 Å². The van der Waals surface area contributed by atoms with Crippen molar-refractivity contribution in [2.24, 2.45) is 0 Å². The molecule has 0 atom stereocenters. The third-order valence-corrected chi connectivity index (χ3v) is 4.21. The average Bonchev–Trinajstić information content (AvgIpc) is 3.27. The van der Waals surface area contributed by atoms with Crippen molar-refractivity contribution in [2.75, 3.05) is 0 Å². The van der Waals surface area contributed by atoms with E-state index in [1.165, 1.54) is 6.26 Å². The minimum Gasteiger partial charge on any atom is -0.462 e.